The lowest BCUT2D eigenvalue weighted by molar-refractivity contribution is -0.122. The van der Waals surface area contributed by atoms with Crippen LogP contribution in [-0.4, -0.2) is 35.9 Å². The van der Waals surface area contributed by atoms with Crippen LogP contribution in [0.3, 0.4) is 0 Å². The standard InChI is InChI=1S/C19H18ClN3O4/c1-2-27-19(26)12-7-8-21-16(9-12)22-18(25)13-10-17(24)23(11-13)15-5-3-14(20)4-6-15/h3-9,13H,2,10-11H2,1H3,(H,21,22,25). The van der Waals surface area contributed by atoms with Crippen molar-refractivity contribution < 1.29 is 19.1 Å². The first-order chi connectivity index (χ1) is 13.0. The van der Waals surface area contributed by atoms with Crippen LogP contribution in [0.25, 0.3) is 0 Å². The molecule has 1 aliphatic heterocycles. The van der Waals surface area contributed by atoms with Crippen molar-refractivity contribution in [1.82, 2.24) is 4.98 Å². The van der Waals surface area contributed by atoms with Gasteiger partial charge in [0, 0.05) is 29.9 Å². The summed E-state index contributed by atoms with van der Waals surface area (Å²) in [6.07, 6.45) is 1.52. The lowest BCUT2D eigenvalue weighted by Crippen LogP contribution is -2.28. The second-order valence-electron chi connectivity index (χ2n) is 6.02. The summed E-state index contributed by atoms with van der Waals surface area (Å²) in [5, 5.41) is 3.24. The van der Waals surface area contributed by atoms with Gasteiger partial charge >= 0.3 is 5.97 Å². The number of amides is 2. The average molecular weight is 388 g/mol. The van der Waals surface area contributed by atoms with Gasteiger partial charge in [-0.25, -0.2) is 9.78 Å². The minimum absolute atomic E-state index is 0.103. The number of anilines is 2. The Labute approximate surface area is 161 Å². The van der Waals surface area contributed by atoms with Crippen LogP contribution in [0.15, 0.2) is 42.6 Å². The van der Waals surface area contributed by atoms with E-state index in [1.165, 1.54) is 18.3 Å². The number of hydrogen-bond acceptors (Lipinski definition) is 5. The predicted octanol–water partition coefficient (Wildman–Crippen LogP) is 2.90. The second kappa shape index (κ2) is 8.18. The van der Waals surface area contributed by atoms with Crippen molar-refractivity contribution >= 4 is 40.9 Å². The van der Waals surface area contributed by atoms with E-state index in [1.54, 1.807) is 36.1 Å². The number of pyridine rings is 1. The number of benzene rings is 1. The molecule has 0 saturated carbocycles. The molecule has 1 aromatic carbocycles. The topological polar surface area (TPSA) is 88.6 Å². The van der Waals surface area contributed by atoms with Crippen LogP contribution in [-0.2, 0) is 14.3 Å². The molecular weight excluding hydrogens is 370 g/mol. The molecule has 0 aliphatic carbocycles. The van der Waals surface area contributed by atoms with Gasteiger partial charge in [0.05, 0.1) is 18.1 Å². The van der Waals surface area contributed by atoms with E-state index in [1.807, 2.05) is 0 Å². The third kappa shape index (κ3) is 4.43. The Morgan fingerprint density at radius 1 is 1.30 bits per heavy atom. The van der Waals surface area contributed by atoms with Crippen LogP contribution in [0.5, 0.6) is 0 Å². The van der Waals surface area contributed by atoms with E-state index >= 15 is 0 Å². The molecule has 7 nitrogen and oxygen atoms in total. The molecule has 1 aromatic heterocycles. The van der Waals surface area contributed by atoms with Gasteiger partial charge in [0.15, 0.2) is 0 Å². The highest BCUT2D eigenvalue weighted by molar-refractivity contribution is 6.30. The van der Waals surface area contributed by atoms with Gasteiger partial charge in [-0.15, -0.1) is 0 Å². The van der Waals surface area contributed by atoms with E-state index in [-0.39, 0.29) is 37.2 Å². The van der Waals surface area contributed by atoms with Crippen molar-refractivity contribution in [2.45, 2.75) is 13.3 Å². The third-order valence-electron chi connectivity index (χ3n) is 4.16. The van der Waals surface area contributed by atoms with Gasteiger partial charge in [0.25, 0.3) is 0 Å². The first-order valence-electron chi connectivity index (χ1n) is 8.48. The van der Waals surface area contributed by atoms with Crippen LogP contribution < -0.4 is 10.2 Å². The minimum Gasteiger partial charge on any atom is -0.462 e. The highest BCUT2D eigenvalue weighted by atomic mass is 35.5. The molecule has 27 heavy (non-hydrogen) atoms. The van der Waals surface area contributed by atoms with Crippen LogP contribution >= 0.6 is 11.6 Å². The molecule has 1 atom stereocenters. The van der Waals surface area contributed by atoms with Crippen LogP contribution in [0.4, 0.5) is 11.5 Å². The summed E-state index contributed by atoms with van der Waals surface area (Å²) >= 11 is 5.87. The van der Waals surface area contributed by atoms with Gasteiger partial charge < -0.3 is 15.0 Å². The molecule has 1 N–H and O–H groups in total. The first kappa shape index (κ1) is 18.8. The zero-order chi connectivity index (χ0) is 19.4. The summed E-state index contributed by atoms with van der Waals surface area (Å²) in [7, 11) is 0. The van der Waals surface area contributed by atoms with Gasteiger partial charge in [-0.3, -0.25) is 9.59 Å². The van der Waals surface area contributed by atoms with Crippen molar-refractivity contribution in [3.63, 3.8) is 0 Å². The molecular formula is C19H18ClN3O4. The Bertz CT molecular complexity index is 870. The predicted molar refractivity (Wildman–Crippen MR) is 101 cm³/mol. The Morgan fingerprint density at radius 3 is 2.74 bits per heavy atom. The fraction of sp³-hybridized carbons (Fsp3) is 0.263. The molecule has 1 fully saturated rings. The summed E-state index contributed by atoms with van der Waals surface area (Å²) in [6.45, 7) is 2.24. The first-order valence-corrected chi connectivity index (χ1v) is 8.85. The minimum atomic E-state index is -0.513. The molecule has 2 heterocycles. The number of nitrogens with zero attached hydrogens (tertiary/aromatic N) is 2. The van der Waals surface area contributed by atoms with Gasteiger partial charge in [-0.1, -0.05) is 11.6 Å². The summed E-state index contributed by atoms with van der Waals surface area (Å²) < 4.78 is 4.93. The van der Waals surface area contributed by atoms with Crippen LogP contribution in [0.1, 0.15) is 23.7 Å². The van der Waals surface area contributed by atoms with Crippen molar-refractivity contribution in [3.05, 3.63) is 53.2 Å². The highest BCUT2D eigenvalue weighted by Crippen LogP contribution is 2.27. The maximum Gasteiger partial charge on any atom is 0.338 e. The largest absolute Gasteiger partial charge is 0.462 e. The molecule has 0 radical (unpaired) electrons. The molecule has 2 aromatic rings. The Balaban J connectivity index is 1.67. The molecule has 1 aliphatic rings. The lowest BCUT2D eigenvalue weighted by atomic mass is 10.1. The van der Waals surface area contributed by atoms with E-state index in [0.29, 0.717) is 16.3 Å². The van der Waals surface area contributed by atoms with Gasteiger partial charge in [0.2, 0.25) is 11.8 Å². The molecule has 0 bridgehead atoms. The number of hydrogen-bond donors (Lipinski definition) is 1. The average Bonchev–Trinajstić information content (AvgIpc) is 3.05. The SMILES string of the molecule is CCOC(=O)c1ccnc(NC(=O)C2CC(=O)N(c3ccc(Cl)cc3)C2)c1. The van der Waals surface area contributed by atoms with E-state index < -0.39 is 11.9 Å². The summed E-state index contributed by atoms with van der Waals surface area (Å²) in [4.78, 5) is 42.2. The lowest BCUT2D eigenvalue weighted by Gasteiger charge is -2.16. The van der Waals surface area contributed by atoms with Gasteiger partial charge in [0.1, 0.15) is 5.82 Å². The quantitative estimate of drug-likeness (QED) is 0.797. The summed E-state index contributed by atoms with van der Waals surface area (Å²) in [5.74, 6) is -1.22. The smallest absolute Gasteiger partial charge is 0.338 e. The second-order valence-corrected chi connectivity index (χ2v) is 6.46. The van der Waals surface area contributed by atoms with E-state index in [0.717, 1.165) is 0 Å². The van der Waals surface area contributed by atoms with Gasteiger partial charge in [-0.2, -0.15) is 0 Å². The highest BCUT2D eigenvalue weighted by Gasteiger charge is 2.35. The van der Waals surface area contributed by atoms with E-state index in [2.05, 4.69) is 10.3 Å². The fourth-order valence-corrected chi connectivity index (χ4v) is 2.95. The van der Waals surface area contributed by atoms with Crippen LogP contribution in [0, 0.1) is 5.92 Å². The zero-order valence-electron chi connectivity index (χ0n) is 14.6. The van der Waals surface area contributed by atoms with Crippen LogP contribution in [0.2, 0.25) is 5.02 Å². The number of esters is 1. The Kier molecular flexibility index (Phi) is 5.71. The maximum atomic E-state index is 12.5. The normalized spacial score (nSPS) is 16.3. The fourth-order valence-electron chi connectivity index (χ4n) is 2.82. The molecule has 1 unspecified atom stereocenters. The molecule has 3 rings (SSSR count). The van der Waals surface area contributed by atoms with Gasteiger partial charge in [-0.05, 0) is 43.3 Å². The molecule has 0 spiro atoms. The van der Waals surface area contributed by atoms with E-state index in [4.69, 9.17) is 16.3 Å². The molecule has 2 amide bonds. The molecule has 140 valence electrons. The van der Waals surface area contributed by atoms with Crippen molar-refractivity contribution in [3.8, 4) is 0 Å². The summed E-state index contributed by atoms with van der Waals surface area (Å²) in [5.41, 5.74) is 0.995. The Hall–Kier alpha value is -2.93. The molecule has 1 saturated heterocycles. The van der Waals surface area contributed by atoms with Crippen molar-refractivity contribution in [2.24, 2.45) is 5.92 Å². The summed E-state index contributed by atoms with van der Waals surface area (Å²) in [6, 6.07) is 9.83. The maximum absolute atomic E-state index is 12.5. The van der Waals surface area contributed by atoms with Crippen molar-refractivity contribution in [1.29, 1.82) is 0 Å². The number of carbonyl (C=O) groups is 3. The zero-order valence-corrected chi connectivity index (χ0v) is 15.4. The number of aromatic nitrogens is 1. The number of ether oxygens (including phenoxy) is 1. The third-order valence-corrected chi connectivity index (χ3v) is 4.41. The van der Waals surface area contributed by atoms with Crippen molar-refractivity contribution in [2.75, 3.05) is 23.4 Å². The monoisotopic (exact) mass is 387 g/mol. The number of halogens is 1. The number of rotatable bonds is 5. The Morgan fingerprint density at radius 2 is 2.04 bits per heavy atom. The number of nitrogens with one attached hydrogen (secondary N) is 1. The van der Waals surface area contributed by atoms with E-state index in [9.17, 15) is 14.4 Å². The molecule has 8 heteroatoms. The number of carbonyl (C=O) groups excluding carboxylic acids is 3.